The fraction of sp³-hybridized carbons (Fsp3) is 0.250. The van der Waals surface area contributed by atoms with Gasteiger partial charge in [-0.15, -0.1) is 0 Å². The lowest BCUT2D eigenvalue weighted by Gasteiger charge is -2.19. The van der Waals surface area contributed by atoms with Crippen molar-refractivity contribution in [2.24, 2.45) is 0 Å². The summed E-state index contributed by atoms with van der Waals surface area (Å²) in [6.07, 6.45) is 2.83. The van der Waals surface area contributed by atoms with Gasteiger partial charge in [-0.2, -0.15) is 0 Å². The van der Waals surface area contributed by atoms with E-state index in [1.807, 2.05) is 50.5 Å². The van der Waals surface area contributed by atoms with E-state index in [0.29, 0.717) is 18.8 Å². The van der Waals surface area contributed by atoms with Crippen LogP contribution in [0.1, 0.15) is 17.4 Å². The maximum atomic E-state index is 9.55. The van der Waals surface area contributed by atoms with Gasteiger partial charge in [-0.05, 0) is 31.8 Å². The first-order valence-electron chi connectivity index (χ1n) is 8.26. The Morgan fingerprint density at radius 2 is 1.63 bits per heavy atom. The van der Waals surface area contributed by atoms with Gasteiger partial charge in [0.05, 0.1) is 12.3 Å². The van der Waals surface area contributed by atoms with Crippen molar-refractivity contribution in [2.45, 2.75) is 6.10 Å². The number of carbonyl (C=O) groups is 2. The summed E-state index contributed by atoms with van der Waals surface area (Å²) in [7, 11) is 4.09. The van der Waals surface area contributed by atoms with Gasteiger partial charge in [0.2, 0.25) is 0 Å². The molecule has 7 heteroatoms. The number of aliphatic carboxylic acids is 2. The van der Waals surface area contributed by atoms with Crippen molar-refractivity contribution >= 4 is 11.9 Å². The number of hydrogen-bond donors (Lipinski definition) is 2. The minimum absolute atomic E-state index is 0.0950. The highest BCUT2D eigenvalue weighted by Gasteiger charge is 2.15. The van der Waals surface area contributed by atoms with Gasteiger partial charge in [0.15, 0.2) is 0 Å². The number of rotatable bonds is 8. The Morgan fingerprint density at radius 3 is 2.11 bits per heavy atom. The van der Waals surface area contributed by atoms with Crippen LogP contribution in [0.2, 0.25) is 0 Å². The standard InChI is InChI=1S/C16H20N2O.C4H4O4/c1-18(2)12-13-19-16(14-8-4-3-5-9-14)15-10-6-7-11-17-15;5-3(6)1-2-4(7)8/h3-11,16H,12-13H2,1-2H3;1-2H,(H,5,6)(H,7,8)/b;2-1+. The van der Waals surface area contributed by atoms with Crippen LogP contribution >= 0.6 is 0 Å². The SMILES string of the molecule is CN(C)CCOC(c1ccccc1)c1ccccn1.O=C(O)/C=C/C(=O)O. The van der Waals surface area contributed by atoms with Gasteiger partial charge in [-0.25, -0.2) is 9.59 Å². The van der Waals surface area contributed by atoms with E-state index in [-0.39, 0.29) is 6.10 Å². The molecule has 1 atom stereocenters. The zero-order valence-corrected chi connectivity index (χ0v) is 15.4. The summed E-state index contributed by atoms with van der Waals surface area (Å²) in [6.45, 7) is 1.58. The average Bonchev–Trinajstić information content (AvgIpc) is 2.65. The van der Waals surface area contributed by atoms with E-state index in [2.05, 4.69) is 22.0 Å². The van der Waals surface area contributed by atoms with E-state index >= 15 is 0 Å². The van der Waals surface area contributed by atoms with Crippen molar-refractivity contribution in [2.75, 3.05) is 27.2 Å². The fourth-order valence-corrected chi connectivity index (χ4v) is 2.01. The van der Waals surface area contributed by atoms with Crippen LogP contribution in [0.4, 0.5) is 0 Å². The first kappa shape index (κ1) is 22.0. The molecular weight excluding hydrogens is 348 g/mol. The zero-order chi connectivity index (χ0) is 20.1. The molecule has 0 radical (unpaired) electrons. The predicted octanol–water partition coefficient (Wildman–Crippen LogP) is 2.46. The van der Waals surface area contributed by atoms with E-state index in [4.69, 9.17) is 14.9 Å². The van der Waals surface area contributed by atoms with Crippen LogP contribution < -0.4 is 0 Å². The molecule has 1 unspecified atom stereocenters. The lowest BCUT2D eigenvalue weighted by Crippen LogP contribution is -2.20. The maximum absolute atomic E-state index is 9.55. The molecule has 0 aliphatic carbocycles. The molecule has 1 aromatic carbocycles. The normalized spacial score (nSPS) is 11.7. The third-order valence-electron chi connectivity index (χ3n) is 3.25. The van der Waals surface area contributed by atoms with Gasteiger partial charge < -0.3 is 19.8 Å². The molecule has 0 saturated carbocycles. The Balaban J connectivity index is 0.000000387. The molecular formula is C20H24N2O5. The van der Waals surface area contributed by atoms with E-state index in [0.717, 1.165) is 17.8 Å². The van der Waals surface area contributed by atoms with Crippen molar-refractivity contribution in [1.29, 1.82) is 0 Å². The molecule has 2 aromatic rings. The third-order valence-corrected chi connectivity index (χ3v) is 3.25. The monoisotopic (exact) mass is 372 g/mol. The molecule has 144 valence electrons. The Bertz CT molecular complexity index is 662. The molecule has 2 N–H and O–H groups in total. The van der Waals surface area contributed by atoms with Crippen LogP contribution in [0.5, 0.6) is 0 Å². The Hall–Kier alpha value is -3.03. The van der Waals surface area contributed by atoms with Gasteiger partial charge in [-0.1, -0.05) is 36.4 Å². The number of aromatic nitrogens is 1. The molecule has 0 aliphatic rings. The van der Waals surface area contributed by atoms with Crippen LogP contribution in [0.25, 0.3) is 0 Å². The van der Waals surface area contributed by atoms with Crippen molar-refractivity contribution in [1.82, 2.24) is 9.88 Å². The van der Waals surface area contributed by atoms with Crippen LogP contribution in [-0.2, 0) is 14.3 Å². The minimum atomic E-state index is -1.26. The van der Waals surface area contributed by atoms with Crippen LogP contribution in [0.3, 0.4) is 0 Å². The lowest BCUT2D eigenvalue weighted by molar-refractivity contribution is -0.134. The van der Waals surface area contributed by atoms with Crippen molar-refractivity contribution < 1.29 is 24.5 Å². The second kappa shape index (κ2) is 12.3. The first-order valence-corrected chi connectivity index (χ1v) is 8.26. The van der Waals surface area contributed by atoms with Crippen LogP contribution in [0.15, 0.2) is 66.9 Å². The molecule has 0 amide bonds. The molecule has 0 aliphatic heterocycles. The molecule has 2 rings (SSSR count). The molecule has 7 nitrogen and oxygen atoms in total. The lowest BCUT2D eigenvalue weighted by atomic mass is 10.1. The largest absolute Gasteiger partial charge is 0.478 e. The number of hydrogen-bond acceptors (Lipinski definition) is 5. The zero-order valence-electron chi connectivity index (χ0n) is 15.4. The van der Waals surface area contributed by atoms with Crippen LogP contribution in [0, 0.1) is 0 Å². The second-order valence-corrected chi connectivity index (χ2v) is 5.73. The Morgan fingerprint density at radius 1 is 1.04 bits per heavy atom. The average molecular weight is 372 g/mol. The highest BCUT2D eigenvalue weighted by atomic mass is 16.5. The van der Waals surface area contributed by atoms with Crippen molar-refractivity contribution in [3.8, 4) is 0 Å². The third kappa shape index (κ3) is 9.88. The quantitative estimate of drug-likeness (QED) is 0.687. The smallest absolute Gasteiger partial charge is 0.328 e. The van der Waals surface area contributed by atoms with E-state index in [9.17, 15) is 9.59 Å². The Labute approximate surface area is 158 Å². The number of carboxylic acid groups (broad SMARTS) is 2. The van der Waals surface area contributed by atoms with E-state index in [1.165, 1.54) is 0 Å². The van der Waals surface area contributed by atoms with E-state index < -0.39 is 11.9 Å². The molecule has 0 bridgehead atoms. The highest BCUT2D eigenvalue weighted by Crippen LogP contribution is 2.23. The summed E-state index contributed by atoms with van der Waals surface area (Å²) in [5.41, 5.74) is 2.09. The number of pyridine rings is 1. The molecule has 0 spiro atoms. The Kier molecular flexibility index (Phi) is 10.1. The van der Waals surface area contributed by atoms with Gasteiger partial charge in [0, 0.05) is 24.9 Å². The number of benzene rings is 1. The van der Waals surface area contributed by atoms with E-state index in [1.54, 1.807) is 6.20 Å². The molecule has 0 fully saturated rings. The number of ether oxygens (including phenoxy) is 1. The highest BCUT2D eigenvalue weighted by molar-refractivity contribution is 5.89. The summed E-state index contributed by atoms with van der Waals surface area (Å²) < 4.78 is 6.02. The molecule has 1 aromatic heterocycles. The van der Waals surface area contributed by atoms with Crippen molar-refractivity contribution in [3.63, 3.8) is 0 Å². The number of carboxylic acids is 2. The van der Waals surface area contributed by atoms with Gasteiger partial charge in [0.1, 0.15) is 6.10 Å². The summed E-state index contributed by atoms with van der Waals surface area (Å²) in [4.78, 5) is 25.6. The summed E-state index contributed by atoms with van der Waals surface area (Å²) in [5, 5.41) is 15.6. The predicted molar refractivity (Wildman–Crippen MR) is 101 cm³/mol. The summed E-state index contributed by atoms with van der Waals surface area (Å²) in [6, 6.07) is 16.1. The van der Waals surface area contributed by atoms with Gasteiger partial charge in [0.25, 0.3) is 0 Å². The minimum Gasteiger partial charge on any atom is -0.478 e. The summed E-state index contributed by atoms with van der Waals surface area (Å²) in [5.74, 6) is -2.51. The first-order chi connectivity index (χ1) is 12.9. The number of nitrogens with zero attached hydrogens (tertiary/aromatic N) is 2. The molecule has 1 heterocycles. The summed E-state index contributed by atoms with van der Waals surface area (Å²) >= 11 is 0. The van der Waals surface area contributed by atoms with Crippen molar-refractivity contribution in [3.05, 3.63) is 78.1 Å². The topological polar surface area (TPSA) is 100.0 Å². The van der Waals surface area contributed by atoms with Gasteiger partial charge >= 0.3 is 11.9 Å². The van der Waals surface area contributed by atoms with Gasteiger partial charge in [-0.3, -0.25) is 4.98 Å². The second-order valence-electron chi connectivity index (χ2n) is 5.73. The fourth-order valence-electron chi connectivity index (χ4n) is 2.01. The molecule has 0 saturated heterocycles. The number of likely N-dealkylation sites (N-methyl/N-ethyl adjacent to an activating group) is 1. The van der Waals surface area contributed by atoms with Crippen LogP contribution in [-0.4, -0.2) is 59.3 Å². The molecule has 27 heavy (non-hydrogen) atoms. The maximum Gasteiger partial charge on any atom is 0.328 e.